The molecule has 0 spiro atoms. The SMILES string of the molecule is CCOC1CCC2C3CCC(OCCCC(C)C)C(F)C3OC2C1F. The van der Waals surface area contributed by atoms with Gasteiger partial charge in [0.25, 0.3) is 0 Å². The zero-order valence-electron chi connectivity index (χ0n) is 15.8. The van der Waals surface area contributed by atoms with Crippen LogP contribution in [0, 0.1) is 17.8 Å². The number of halogens is 2. The highest BCUT2D eigenvalue weighted by Crippen LogP contribution is 2.49. The molecular formula is C20H34F2O3. The van der Waals surface area contributed by atoms with Crippen molar-refractivity contribution in [3.8, 4) is 0 Å². The number of alkyl halides is 2. The molecule has 1 heterocycles. The van der Waals surface area contributed by atoms with Gasteiger partial charge in [0.15, 0.2) is 12.3 Å². The first-order chi connectivity index (χ1) is 12.0. The summed E-state index contributed by atoms with van der Waals surface area (Å²) in [4.78, 5) is 0. The van der Waals surface area contributed by atoms with Crippen LogP contribution in [0.3, 0.4) is 0 Å². The molecule has 2 aliphatic carbocycles. The van der Waals surface area contributed by atoms with Crippen LogP contribution in [0.4, 0.5) is 8.78 Å². The van der Waals surface area contributed by atoms with Gasteiger partial charge >= 0.3 is 0 Å². The fraction of sp³-hybridized carbons (Fsp3) is 1.00. The van der Waals surface area contributed by atoms with Crippen LogP contribution in [-0.4, -0.2) is 50.0 Å². The molecule has 3 nitrogen and oxygen atoms in total. The smallest absolute Gasteiger partial charge is 0.152 e. The van der Waals surface area contributed by atoms with E-state index in [9.17, 15) is 8.78 Å². The van der Waals surface area contributed by atoms with Gasteiger partial charge in [-0.3, -0.25) is 0 Å². The first-order valence-electron chi connectivity index (χ1n) is 10.2. The van der Waals surface area contributed by atoms with Gasteiger partial charge in [-0.1, -0.05) is 13.8 Å². The Morgan fingerprint density at radius 2 is 1.48 bits per heavy atom. The van der Waals surface area contributed by atoms with Gasteiger partial charge in [-0.25, -0.2) is 8.78 Å². The van der Waals surface area contributed by atoms with Crippen LogP contribution in [0.2, 0.25) is 0 Å². The summed E-state index contributed by atoms with van der Waals surface area (Å²) in [6.45, 7) is 7.35. The molecule has 3 aliphatic rings. The quantitative estimate of drug-likeness (QED) is 0.627. The van der Waals surface area contributed by atoms with Crippen molar-refractivity contribution in [3.05, 3.63) is 0 Å². The minimum absolute atomic E-state index is 0.136. The summed E-state index contributed by atoms with van der Waals surface area (Å²) in [6.07, 6.45) is 1.19. The average Bonchev–Trinajstić information content (AvgIpc) is 2.96. The largest absolute Gasteiger partial charge is 0.375 e. The van der Waals surface area contributed by atoms with Crippen molar-refractivity contribution >= 4 is 0 Å². The van der Waals surface area contributed by atoms with Crippen molar-refractivity contribution in [2.45, 2.75) is 96.1 Å². The normalized spacial score (nSPS) is 43.9. The lowest BCUT2D eigenvalue weighted by Gasteiger charge is -2.37. The molecule has 2 saturated carbocycles. The van der Waals surface area contributed by atoms with Crippen molar-refractivity contribution in [3.63, 3.8) is 0 Å². The zero-order valence-corrected chi connectivity index (χ0v) is 15.8. The van der Waals surface area contributed by atoms with E-state index in [1.807, 2.05) is 6.92 Å². The van der Waals surface area contributed by atoms with Gasteiger partial charge in [0.05, 0.1) is 24.4 Å². The van der Waals surface area contributed by atoms with E-state index < -0.39 is 36.8 Å². The van der Waals surface area contributed by atoms with Crippen molar-refractivity contribution in [1.82, 2.24) is 0 Å². The third kappa shape index (κ3) is 4.19. The number of fused-ring (bicyclic) bond motifs is 3. The molecule has 0 aromatic rings. The molecule has 0 aromatic heterocycles. The minimum Gasteiger partial charge on any atom is -0.375 e. The summed E-state index contributed by atoms with van der Waals surface area (Å²) >= 11 is 0. The number of hydrogen-bond donors (Lipinski definition) is 0. The Hall–Kier alpha value is -0.260. The number of rotatable bonds is 7. The van der Waals surface area contributed by atoms with E-state index in [0.29, 0.717) is 19.1 Å². The molecule has 8 atom stereocenters. The van der Waals surface area contributed by atoms with Crippen LogP contribution in [0.25, 0.3) is 0 Å². The lowest BCUT2D eigenvalue weighted by molar-refractivity contribution is -0.133. The summed E-state index contributed by atoms with van der Waals surface area (Å²) in [6, 6.07) is 0. The molecule has 0 radical (unpaired) electrons. The van der Waals surface area contributed by atoms with Crippen molar-refractivity contribution < 1.29 is 23.0 Å². The van der Waals surface area contributed by atoms with Crippen LogP contribution in [0.15, 0.2) is 0 Å². The maximum Gasteiger partial charge on any atom is 0.152 e. The maximum atomic E-state index is 15.0. The van der Waals surface area contributed by atoms with E-state index in [1.54, 1.807) is 0 Å². The summed E-state index contributed by atoms with van der Waals surface area (Å²) in [5.41, 5.74) is 0. The highest BCUT2D eigenvalue weighted by molar-refractivity contribution is 5.04. The van der Waals surface area contributed by atoms with E-state index >= 15 is 0 Å². The van der Waals surface area contributed by atoms with Crippen LogP contribution >= 0.6 is 0 Å². The summed E-state index contributed by atoms with van der Waals surface area (Å²) < 4.78 is 47.0. The summed E-state index contributed by atoms with van der Waals surface area (Å²) in [5.74, 6) is 0.912. The molecule has 8 unspecified atom stereocenters. The second kappa shape index (κ2) is 8.62. The van der Waals surface area contributed by atoms with Crippen molar-refractivity contribution in [2.24, 2.45) is 17.8 Å². The molecule has 3 fully saturated rings. The van der Waals surface area contributed by atoms with Crippen LogP contribution in [0.1, 0.15) is 59.3 Å². The Bertz CT molecular complexity index is 420. The van der Waals surface area contributed by atoms with Gasteiger partial charge in [-0.2, -0.15) is 0 Å². The van der Waals surface area contributed by atoms with E-state index in [0.717, 1.165) is 38.5 Å². The Kier molecular flexibility index (Phi) is 6.72. The standard InChI is InChI=1S/C20H34F2O3/c1-4-23-15-9-7-13-14-8-10-16(24-11-5-6-12(2)3)18(22)20(14)25-19(13)17(15)21/h12-20H,4-11H2,1-3H3. The van der Waals surface area contributed by atoms with Gasteiger partial charge in [0.1, 0.15) is 0 Å². The highest BCUT2D eigenvalue weighted by atomic mass is 19.1. The minimum atomic E-state index is -1.14. The molecule has 25 heavy (non-hydrogen) atoms. The lowest BCUT2D eigenvalue weighted by atomic mass is 9.71. The van der Waals surface area contributed by atoms with Crippen LogP contribution in [-0.2, 0) is 14.2 Å². The van der Waals surface area contributed by atoms with Crippen molar-refractivity contribution in [1.29, 1.82) is 0 Å². The molecule has 0 bridgehead atoms. The van der Waals surface area contributed by atoms with E-state index in [1.165, 1.54) is 0 Å². The second-order valence-electron chi connectivity index (χ2n) is 8.38. The second-order valence-corrected chi connectivity index (χ2v) is 8.38. The summed E-state index contributed by atoms with van der Waals surface area (Å²) in [5, 5.41) is 0. The number of ether oxygens (including phenoxy) is 3. The van der Waals surface area contributed by atoms with E-state index in [4.69, 9.17) is 14.2 Å². The zero-order chi connectivity index (χ0) is 18.0. The molecule has 0 aromatic carbocycles. The third-order valence-electron chi connectivity index (χ3n) is 6.25. The van der Waals surface area contributed by atoms with E-state index in [-0.39, 0.29) is 11.8 Å². The maximum absolute atomic E-state index is 15.0. The molecule has 146 valence electrons. The average molecular weight is 360 g/mol. The lowest BCUT2D eigenvalue weighted by Crippen LogP contribution is -2.45. The molecule has 0 amide bonds. The first-order valence-corrected chi connectivity index (χ1v) is 10.2. The van der Waals surface area contributed by atoms with Gasteiger partial charge in [-0.15, -0.1) is 0 Å². The Morgan fingerprint density at radius 1 is 0.920 bits per heavy atom. The molecule has 1 aliphatic heterocycles. The number of hydrogen-bond acceptors (Lipinski definition) is 3. The van der Waals surface area contributed by atoms with Gasteiger partial charge < -0.3 is 14.2 Å². The van der Waals surface area contributed by atoms with E-state index in [2.05, 4.69) is 13.8 Å². The first kappa shape index (κ1) is 19.5. The monoisotopic (exact) mass is 360 g/mol. The van der Waals surface area contributed by atoms with Crippen LogP contribution in [0.5, 0.6) is 0 Å². The molecule has 5 heteroatoms. The fourth-order valence-corrected chi connectivity index (χ4v) is 5.00. The van der Waals surface area contributed by atoms with Crippen molar-refractivity contribution in [2.75, 3.05) is 13.2 Å². The Balaban J connectivity index is 1.55. The fourth-order valence-electron chi connectivity index (χ4n) is 5.00. The predicted molar refractivity (Wildman–Crippen MR) is 93.1 cm³/mol. The molecule has 3 rings (SSSR count). The molecule has 0 N–H and O–H groups in total. The van der Waals surface area contributed by atoms with Gasteiger partial charge in [0.2, 0.25) is 0 Å². The van der Waals surface area contributed by atoms with Gasteiger partial charge in [-0.05, 0) is 63.2 Å². The van der Waals surface area contributed by atoms with Crippen LogP contribution < -0.4 is 0 Å². The summed E-state index contributed by atoms with van der Waals surface area (Å²) in [7, 11) is 0. The Labute approximate surface area is 150 Å². The third-order valence-corrected chi connectivity index (χ3v) is 6.25. The molecule has 1 saturated heterocycles. The predicted octanol–water partition coefficient (Wildman–Crippen LogP) is 4.48. The topological polar surface area (TPSA) is 27.7 Å². The Morgan fingerprint density at radius 3 is 2.00 bits per heavy atom. The highest BCUT2D eigenvalue weighted by Gasteiger charge is 2.57. The molecular weight excluding hydrogens is 326 g/mol. The van der Waals surface area contributed by atoms with Gasteiger partial charge in [0, 0.05) is 13.2 Å².